The zero-order chi connectivity index (χ0) is 9.57. The van der Waals surface area contributed by atoms with E-state index in [-0.39, 0.29) is 0 Å². The van der Waals surface area contributed by atoms with Gasteiger partial charge in [0.2, 0.25) is 6.41 Å². The van der Waals surface area contributed by atoms with E-state index >= 15 is 0 Å². The van der Waals surface area contributed by atoms with E-state index in [1.807, 2.05) is 0 Å². The van der Waals surface area contributed by atoms with Crippen molar-refractivity contribution >= 4 is 14.3 Å². The molecule has 0 heterocycles. The minimum absolute atomic E-state index is 0.425. The van der Waals surface area contributed by atoms with Crippen LogP contribution in [0.2, 0.25) is 0 Å². The monoisotopic (exact) mass is 179 g/mol. The van der Waals surface area contributed by atoms with E-state index in [1.54, 1.807) is 0 Å². The summed E-state index contributed by atoms with van der Waals surface area (Å²) in [6, 6.07) is 0. The van der Waals surface area contributed by atoms with Crippen LogP contribution in [0.1, 0.15) is 51.4 Å². The van der Waals surface area contributed by atoms with Gasteiger partial charge in [-0.2, -0.15) is 0 Å². The first kappa shape index (κ1) is 10.6. The summed E-state index contributed by atoms with van der Waals surface area (Å²) in [4.78, 5) is 10.4. The summed E-state index contributed by atoms with van der Waals surface area (Å²) in [5.74, 6) is 0. The molecule has 3 heteroatoms. The molecule has 0 unspecified atom stereocenters. The van der Waals surface area contributed by atoms with Crippen LogP contribution in [0.4, 0.5) is 0 Å². The largest absolute Gasteiger partial charge is 0.362 e. The normalized spacial score (nSPS) is 23.7. The molecule has 0 atom stereocenters. The van der Waals surface area contributed by atoms with Crippen molar-refractivity contribution in [2.24, 2.45) is 0 Å². The lowest BCUT2D eigenvalue weighted by Crippen LogP contribution is -2.45. The number of amides is 1. The molecule has 0 aliphatic heterocycles. The fourth-order valence-electron chi connectivity index (χ4n) is 1.97. The first-order valence-electron chi connectivity index (χ1n) is 5.27. The van der Waals surface area contributed by atoms with Crippen molar-refractivity contribution in [2.45, 2.75) is 56.8 Å². The molecule has 1 rings (SSSR count). The second-order valence-electron chi connectivity index (χ2n) is 4.04. The van der Waals surface area contributed by atoms with E-state index in [2.05, 4.69) is 5.32 Å². The molecule has 72 valence electrons. The van der Waals surface area contributed by atoms with Crippen LogP contribution in [0.15, 0.2) is 0 Å². The third-order valence-corrected chi connectivity index (χ3v) is 2.84. The summed E-state index contributed by atoms with van der Waals surface area (Å²) in [6.45, 7) is 0. The topological polar surface area (TPSA) is 29.1 Å². The third-order valence-electron chi connectivity index (χ3n) is 2.84. The van der Waals surface area contributed by atoms with Gasteiger partial charge >= 0.3 is 0 Å². The molecule has 1 aliphatic rings. The van der Waals surface area contributed by atoms with Crippen molar-refractivity contribution in [1.29, 1.82) is 0 Å². The van der Waals surface area contributed by atoms with Crippen molar-refractivity contribution in [3.63, 3.8) is 0 Å². The zero-order valence-corrected chi connectivity index (χ0v) is 8.22. The maximum atomic E-state index is 10.4. The predicted molar refractivity (Wildman–Crippen MR) is 54.6 cm³/mol. The highest BCUT2D eigenvalue weighted by atomic mass is 16.1. The van der Waals surface area contributed by atoms with Gasteiger partial charge in [0.25, 0.3) is 0 Å². The van der Waals surface area contributed by atoms with Crippen LogP contribution in [-0.2, 0) is 4.79 Å². The molecule has 0 bridgehead atoms. The highest BCUT2D eigenvalue weighted by molar-refractivity contribution is 6.16. The zero-order valence-electron chi connectivity index (χ0n) is 8.22. The first-order valence-corrected chi connectivity index (χ1v) is 5.27. The Morgan fingerprint density at radius 3 is 1.92 bits per heavy atom. The number of carbonyl (C=O) groups is 1. The maximum absolute atomic E-state index is 10.4. The van der Waals surface area contributed by atoms with Crippen molar-refractivity contribution in [2.75, 3.05) is 0 Å². The minimum Gasteiger partial charge on any atom is -0.362 e. The van der Waals surface area contributed by atoms with Crippen molar-refractivity contribution in [3.8, 4) is 0 Å². The summed E-state index contributed by atoms with van der Waals surface area (Å²) in [7, 11) is 6.07. The van der Waals surface area contributed by atoms with Crippen LogP contribution in [0, 0.1) is 0 Å². The standard InChI is InChI=1S/C10H18BNO/c11-10(12-9-13)7-5-3-1-2-4-6-8-10/h9H,1-8H2,(H,12,13). The Morgan fingerprint density at radius 2 is 1.46 bits per heavy atom. The number of hydrogen-bond donors (Lipinski definition) is 1. The van der Waals surface area contributed by atoms with Crippen LogP contribution in [0.25, 0.3) is 0 Å². The first-order chi connectivity index (χ1) is 6.27. The van der Waals surface area contributed by atoms with E-state index in [4.69, 9.17) is 7.85 Å². The quantitative estimate of drug-likeness (QED) is 0.507. The van der Waals surface area contributed by atoms with Crippen LogP contribution in [-0.4, -0.2) is 19.7 Å². The highest BCUT2D eigenvalue weighted by Crippen LogP contribution is 2.22. The van der Waals surface area contributed by atoms with E-state index < -0.39 is 5.44 Å². The Kier molecular flexibility index (Phi) is 4.33. The SMILES string of the molecule is [B]C1(NC=O)CCCCCCCC1. The van der Waals surface area contributed by atoms with Gasteiger partial charge in [-0.1, -0.05) is 38.5 Å². The van der Waals surface area contributed by atoms with E-state index in [9.17, 15) is 4.79 Å². The molecule has 1 aliphatic carbocycles. The Balaban J connectivity index is 2.43. The highest BCUT2D eigenvalue weighted by Gasteiger charge is 2.22. The second-order valence-corrected chi connectivity index (χ2v) is 4.04. The summed E-state index contributed by atoms with van der Waals surface area (Å²) in [6.07, 6.45) is 9.98. The predicted octanol–water partition coefficient (Wildman–Crippen LogP) is 1.73. The van der Waals surface area contributed by atoms with Gasteiger partial charge in [0.05, 0.1) is 0 Å². The number of nitrogens with one attached hydrogen (secondary N) is 1. The molecule has 0 aromatic carbocycles. The van der Waals surface area contributed by atoms with Gasteiger partial charge < -0.3 is 5.32 Å². The van der Waals surface area contributed by atoms with Crippen LogP contribution >= 0.6 is 0 Å². The van der Waals surface area contributed by atoms with Gasteiger partial charge in [0.1, 0.15) is 7.85 Å². The number of carbonyl (C=O) groups excluding carboxylic acids is 1. The van der Waals surface area contributed by atoms with Gasteiger partial charge in [-0.25, -0.2) is 0 Å². The summed E-state index contributed by atoms with van der Waals surface area (Å²) < 4.78 is 0. The van der Waals surface area contributed by atoms with Gasteiger partial charge in [0, 0.05) is 0 Å². The van der Waals surface area contributed by atoms with E-state index in [0.717, 1.165) is 32.1 Å². The Hall–Kier alpha value is -0.465. The van der Waals surface area contributed by atoms with Gasteiger partial charge in [-0.05, 0) is 18.3 Å². The van der Waals surface area contributed by atoms with Gasteiger partial charge in [-0.15, -0.1) is 0 Å². The van der Waals surface area contributed by atoms with Crippen molar-refractivity contribution < 1.29 is 4.79 Å². The van der Waals surface area contributed by atoms with Crippen LogP contribution in [0.5, 0.6) is 0 Å². The average Bonchev–Trinajstić information content (AvgIpc) is 2.18. The minimum atomic E-state index is -0.425. The Labute approximate surface area is 81.9 Å². The molecule has 1 N–H and O–H groups in total. The molecule has 0 spiro atoms. The molecule has 1 fully saturated rings. The van der Waals surface area contributed by atoms with Crippen LogP contribution < -0.4 is 5.32 Å². The molecule has 0 aromatic rings. The lowest BCUT2D eigenvalue weighted by Gasteiger charge is -2.29. The molecular formula is C10H18BNO. The smallest absolute Gasteiger partial charge is 0.206 e. The number of hydrogen-bond acceptors (Lipinski definition) is 1. The molecule has 1 saturated carbocycles. The maximum Gasteiger partial charge on any atom is 0.206 e. The van der Waals surface area contributed by atoms with E-state index in [0.29, 0.717) is 0 Å². The van der Waals surface area contributed by atoms with E-state index in [1.165, 1.54) is 25.7 Å². The molecule has 2 nitrogen and oxygen atoms in total. The van der Waals surface area contributed by atoms with Crippen LogP contribution in [0.3, 0.4) is 0 Å². The molecule has 1 amide bonds. The van der Waals surface area contributed by atoms with Gasteiger partial charge in [0.15, 0.2) is 0 Å². The fraction of sp³-hybridized carbons (Fsp3) is 0.900. The Bertz CT molecular complexity index is 151. The lowest BCUT2D eigenvalue weighted by molar-refractivity contribution is -0.110. The second kappa shape index (κ2) is 5.30. The summed E-state index contributed by atoms with van der Waals surface area (Å²) in [5, 5.41) is 2.75. The lowest BCUT2D eigenvalue weighted by atomic mass is 9.71. The van der Waals surface area contributed by atoms with Gasteiger partial charge in [-0.3, -0.25) is 4.79 Å². The molecule has 0 aromatic heterocycles. The third kappa shape index (κ3) is 3.84. The fourth-order valence-corrected chi connectivity index (χ4v) is 1.97. The molecule has 13 heavy (non-hydrogen) atoms. The molecule has 2 radical (unpaired) electrons. The summed E-state index contributed by atoms with van der Waals surface area (Å²) >= 11 is 0. The summed E-state index contributed by atoms with van der Waals surface area (Å²) in [5.41, 5.74) is -0.425. The van der Waals surface area contributed by atoms with Crippen molar-refractivity contribution in [3.05, 3.63) is 0 Å². The number of rotatable bonds is 2. The Morgan fingerprint density at radius 1 is 1.00 bits per heavy atom. The average molecular weight is 179 g/mol. The molecule has 0 saturated heterocycles. The molecular weight excluding hydrogens is 161 g/mol. The van der Waals surface area contributed by atoms with Crippen molar-refractivity contribution in [1.82, 2.24) is 5.32 Å².